The number of oxazole rings is 1. The maximum absolute atomic E-state index is 13.9. The van der Waals surface area contributed by atoms with E-state index in [1.165, 1.54) is 23.3 Å². The number of aromatic nitrogens is 1. The number of rotatable bonds is 2. The monoisotopic (exact) mass is 386 g/mol. The molecule has 3 heterocycles. The summed E-state index contributed by atoms with van der Waals surface area (Å²) in [6.45, 7) is 3.26. The SMILES string of the molecule is Cc1nc(C(=O)N2C[C@@H]3CN(C(=O)N(C)C)[C@H](c4cccc(F)c4)[C@@H]3C2)co1. The number of aryl methyl sites for hydroxylation is 1. The number of nitrogens with zero attached hydrogens (tertiary/aromatic N) is 4. The average Bonchev–Trinajstić information content (AvgIpc) is 3.34. The zero-order valence-electron chi connectivity index (χ0n) is 16.1. The van der Waals surface area contributed by atoms with Gasteiger partial charge in [-0.25, -0.2) is 14.2 Å². The fraction of sp³-hybridized carbons (Fsp3) is 0.450. The number of benzene rings is 1. The van der Waals surface area contributed by atoms with E-state index in [0.29, 0.717) is 31.2 Å². The van der Waals surface area contributed by atoms with Gasteiger partial charge in [0, 0.05) is 52.5 Å². The van der Waals surface area contributed by atoms with Crippen molar-refractivity contribution in [2.45, 2.75) is 13.0 Å². The fourth-order valence-corrected chi connectivity index (χ4v) is 4.41. The molecule has 1 aromatic heterocycles. The molecule has 0 unspecified atom stereocenters. The molecule has 7 nitrogen and oxygen atoms in total. The van der Waals surface area contributed by atoms with Crippen LogP contribution in [0.5, 0.6) is 0 Å². The maximum atomic E-state index is 13.9. The van der Waals surface area contributed by atoms with Crippen LogP contribution in [0.25, 0.3) is 0 Å². The van der Waals surface area contributed by atoms with E-state index in [0.717, 1.165) is 5.56 Å². The summed E-state index contributed by atoms with van der Waals surface area (Å²) < 4.78 is 19.0. The van der Waals surface area contributed by atoms with Crippen LogP contribution >= 0.6 is 0 Å². The lowest BCUT2D eigenvalue weighted by molar-refractivity contribution is 0.0760. The Morgan fingerprint density at radius 3 is 2.68 bits per heavy atom. The Balaban J connectivity index is 1.62. The molecular formula is C20H23FN4O3. The number of carbonyl (C=O) groups excluding carboxylic acids is 2. The summed E-state index contributed by atoms with van der Waals surface area (Å²) in [5.41, 5.74) is 1.05. The summed E-state index contributed by atoms with van der Waals surface area (Å²) >= 11 is 0. The van der Waals surface area contributed by atoms with Gasteiger partial charge in [0.1, 0.15) is 12.1 Å². The van der Waals surface area contributed by atoms with Crippen LogP contribution in [0.15, 0.2) is 34.9 Å². The topological polar surface area (TPSA) is 69.9 Å². The van der Waals surface area contributed by atoms with Gasteiger partial charge in [-0.2, -0.15) is 0 Å². The van der Waals surface area contributed by atoms with Gasteiger partial charge in [0.2, 0.25) is 0 Å². The molecule has 0 bridgehead atoms. The Morgan fingerprint density at radius 1 is 1.25 bits per heavy atom. The van der Waals surface area contributed by atoms with Crippen molar-refractivity contribution in [3.8, 4) is 0 Å². The molecule has 4 rings (SSSR count). The summed E-state index contributed by atoms with van der Waals surface area (Å²) in [6, 6.07) is 6.00. The highest BCUT2D eigenvalue weighted by Crippen LogP contribution is 2.45. The number of urea groups is 1. The lowest BCUT2D eigenvalue weighted by Gasteiger charge is -2.31. The van der Waals surface area contributed by atoms with Gasteiger partial charge < -0.3 is 19.1 Å². The van der Waals surface area contributed by atoms with Crippen LogP contribution < -0.4 is 0 Å². The molecule has 8 heteroatoms. The summed E-state index contributed by atoms with van der Waals surface area (Å²) in [4.78, 5) is 34.7. The minimum atomic E-state index is -0.331. The summed E-state index contributed by atoms with van der Waals surface area (Å²) in [5.74, 6) is 0.122. The molecule has 2 aliphatic rings. The van der Waals surface area contributed by atoms with Crippen LogP contribution in [0.4, 0.5) is 9.18 Å². The first-order chi connectivity index (χ1) is 13.3. The van der Waals surface area contributed by atoms with Crippen molar-refractivity contribution in [2.24, 2.45) is 11.8 Å². The quantitative estimate of drug-likeness (QED) is 0.795. The number of hydrogen-bond acceptors (Lipinski definition) is 4. The Bertz CT molecular complexity index is 912. The first kappa shape index (κ1) is 18.5. The second-order valence-electron chi connectivity index (χ2n) is 7.72. The van der Waals surface area contributed by atoms with Gasteiger partial charge in [0.25, 0.3) is 5.91 Å². The second-order valence-corrected chi connectivity index (χ2v) is 7.72. The van der Waals surface area contributed by atoms with E-state index in [4.69, 9.17) is 4.42 Å². The third kappa shape index (κ3) is 3.12. The van der Waals surface area contributed by atoms with Crippen LogP contribution in [0.2, 0.25) is 0 Å². The van der Waals surface area contributed by atoms with Crippen LogP contribution in [-0.4, -0.2) is 65.4 Å². The van der Waals surface area contributed by atoms with Gasteiger partial charge in [-0.1, -0.05) is 12.1 Å². The van der Waals surface area contributed by atoms with E-state index < -0.39 is 0 Å². The zero-order chi connectivity index (χ0) is 20.0. The van der Waals surface area contributed by atoms with E-state index >= 15 is 0 Å². The van der Waals surface area contributed by atoms with Crippen molar-refractivity contribution in [3.05, 3.63) is 53.5 Å². The molecule has 0 N–H and O–H groups in total. The Labute approximate surface area is 162 Å². The molecule has 3 amide bonds. The first-order valence-corrected chi connectivity index (χ1v) is 9.30. The molecule has 2 aliphatic heterocycles. The number of fused-ring (bicyclic) bond motifs is 1. The van der Waals surface area contributed by atoms with Gasteiger partial charge in [0.15, 0.2) is 11.6 Å². The summed E-state index contributed by atoms with van der Waals surface area (Å²) in [7, 11) is 3.42. The van der Waals surface area contributed by atoms with Crippen molar-refractivity contribution < 1.29 is 18.4 Å². The van der Waals surface area contributed by atoms with Crippen LogP contribution in [0.1, 0.15) is 28.0 Å². The average molecular weight is 386 g/mol. The Kier molecular flexibility index (Phi) is 4.56. The molecule has 0 spiro atoms. The minimum absolute atomic E-state index is 0.0441. The van der Waals surface area contributed by atoms with E-state index in [2.05, 4.69) is 4.98 Å². The fourth-order valence-electron chi connectivity index (χ4n) is 4.41. The Morgan fingerprint density at radius 2 is 2.04 bits per heavy atom. The maximum Gasteiger partial charge on any atom is 0.320 e. The molecule has 2 fully saturated rings. The molecule has 0 radical (unpaired) electrons. The smallest absolute Gasteiger partial charge is 0.320 e. The lowest BCUT2D eigenvalue weighted by Crippen LogP contribution is -2.42. The molecule has 3 atom stereocenters. The Hall–Kier alpha value is -2.90. The van der Waals surface area contributed by atoms with Gasteiger partial charge >= 0.3 is 6.03 Å². The van der Waals surface area contributed by atoms with Crippen LogP contribution in [0.3, 0.4) is 0 Å². The van der Waals surface area contributed by atoms with Gasteiger partial charge in [-0.3, -0.25) is 4.79 Å². The predicted molar refractivity (Wildman–Crippen MR) is 99.1 cm³/mol. The molecule has 28 heavy (non-hydrogen) atoms. The second kappa shape index (κ2) is 6.92. The molecule has 2 aromatic rings. The predicted octanol–water partition coefficient (Wildman–Crippen LogP) is 2.55. The number of hydrogen-bond donors (Lipinski definition) is 0. The minimum Gasteiger partial charge on any atom is -0.448 e. The van der Waals surface area contributed by atoms with E-state index in [1.54, 1.807) is 36.9 Å². The van der Waals surface area contributed by atoms with Crippen molar-refractivity contribution in [2.75, 3.05) is 33.7 Å². The molecule has 0 saturated carbocycles. The standard InChI is InChI=1S/C20H23FN4O3/c1-12-22-17(11-28-12)19(26)24-8-14-9-25(20(27)23(2)3)18(16(14)10-24)13-5-4-6-15(21)7-13/h4-7,11,14,16,18H,8-10H2,1-3H3/t14-,16-,18-/m1/s1. The molecule has 0 aliphatic carbocycles. The number of likely N-dealkylation sites (tertiary alicyclic amines) is 2. The largest absolute Gasteiger partial charge is 0.448 e. The van der Waals surface area contributed by atoms with Crippen LogP contribution in [-0.2, 0) is 0 Å². The number of halogens is 1. The molecule has 1 aromatic carbocycles. The van der Waals surface area contributed by atoms with Crippen molar-refractivity contribution >= 4 is 11.9 Å². The van der Waals surface area contributed by atoms with Crippen LogP contribution in [0, 0.1) is 24.6 Å². The lowest BCUT2D eigenvalue weighted by atomic mass is 9.89. The highest BCUT2D eigenvalue weighted by molar-refractivity contribution is 5.92. The van der Waals surface area contributed by atoms with Gasteiger partial charge in [-0.05, 0) is 17.7 Å². The van der Waals surface area contributed by atoms with Crippen molar-refractivity contribution in [1.82, 2.24) is 19.7 Å². The van der Waals surface area contributed by atoms with Gasteiger partial charge in [0.05, 0.1) is 6.04 Å². The number of carbonyl (C=O) groups is 2. The van der Waals surface area contributed by atoms with E-state index in [1.807, 2.05) is 6.07 Å². The zero-order valence-corrected chi connectivity index (χ0v) is 16.1. The summed E-state index contributed by atoms with van der Waals surface area (Å²) in [5, 5.41) is 0. The van der Waals surface area contributed by atoms with E-state index in [-0.39, 0.29) is 35.6 Å². The van der Waals surface area contributed by atoms with Crippen molar-refractivity contribution in [3.63, 3.8) is 0 Å². The third-order valence-corrected chi connectivity index (χ3v) is 5.61. The molecular weight excluding hydrogens is 363 g/mol. The normalized spacial score (nSPS) is 23.8. The highest BCUT2D eigenvalue weighted by atomic mass is 19.1. The van der Waals surface area contributed by atoms with Crippen molar-refractivity contribution in [1.29, 1.82) is 0 Å². The third-order valence-electron chi connectivity index (χ3n) is 5.61. The highest BCUT2D eigenvalue weighted by Gasteiger charge is 2.50. The van der Waals surface area contributed by atoms with Gasteiger partial charge in [-0.15, -0.1) is 0 Å². The number of amides is 3. The summed E-state index contributed by atoms with van der Waals surface area (Å²) in [6.07, 6.45) is 1.37. The van der Waals surface area contributed by atoms with E-state index in [9.17, 15) is 14.0 Å². The molecule has 2 saturated heterocycles. The first-order valence-electron chi connectivity index (χ1n) is 9.30. The molecule has 148 valence electrons.